The van der Waals surface area contributed by atoms with E-state index in [2.05, 4.69) is 27.8 Å². The van der Waals surface area contributed by atoms with Gasteiger partial charge in [0, 0.05) is 17.9 Å². The molecule has 0 fully saturated rings. The molecule has 0 aromatic heterocycles. The van der Waals surface area contributed by atoms with Crippen molar-refractivity contribution in [1.82, 2.24) is 0 Å². The van der Waals surface area contributed by atoms with Crippen LogP contribution in [-0.4, -0.2) is 49.9 Å². The SMILES string of the molecule is C=CC(=O)OCCCCOc1ccc(C(=O)Oc2ccc(C(C)=NN=C(C)c3ccc(N=Cc4ccc(C#N)cc4)cc3)cc2OC)cc1. The number of nitriles is 1. The van der Waals surface area contributed by atoms with Gasteiger partial charge in [-0.05, 0) is 105 Å². The Labute approximate surface area is 285 Å². The van der Waals surface area contributed by atoms with E-state index in [0.29, 0.717) is 54.4 Å². The first-order valence-corrected chi connectivity index (χ1v) is 15.5. The zero-order valence-electron chi connectivity index (χ0n) is 27.6. The van der Waals surface area contributed by atoms with Gasteiger partial charge < -0.3 is 18.9 Å². The number of ether oxygens (including phenoxy) is 4. The summed E-state index contributed by atoms with van der Waals surface area (Å²) in [6, 6.07) is 28.8. The molecule has 49 heavy (non-hydrogen) atoms. The first kappa shape index (κ1) is 35.5. The van der Waals surface area contributed by atoms with Crippen LogP contribution in [0.3, 0.4) is 0 Å². The number of methoxy groups -OCH3 is 1. The molecule has 0 saturated heterocycles. The Bertz CT molecular complexity index is 1890. The Balaban J connectivity index is 1.31. The van der Waals surface area contributed by atoms with Crippen LogP contribution in [0.4, 0.5) is 5.69 Å². The number of aliphatic imine (C=N–C) groups is 1. The monoisotopic (exact) mass is 656 g/mol. The number of hydrogen-bond acceptors (Lipinski definition) is 10. The van der Waals surface area contributed by atoms with Crippen molar-refractivity contribution >= 4 is 35.3 Å². The van der Waals surface area contributed by atoms with E-state index in [-0.39, 0.29) is 5.75 Å². The van der Waals surface area contributed by atoms with Crippen LogP contribution in [0.15, 0.2) is 119 Å². The van der Waals surface area contributed by atoms with Crippen LogP contribution in [-0.2, 0) is 9.53 Å². The normalized spacial score (nSPS) is 11.5. The number of unbranched alkanes of at least 4 members (excludes halogenated alkanes) is 1. The molecule has 0 amide bonds. The maximum absolute atomic E-state index is 12.9. The second kappa shape index (κ2) is 18.1. The molecule has 0 unspecified atom stereocenters. The van der Waals surface area contributed by atoms with Gasteiger partial charge in [0.1, 0.15) is 5.75 Å². The third-order valence-electron chi connectivity index (χ3n) is 7.13. The molecule has 0 heterocycles. The molecule has 0 bridgehead atoms. The van der Waals surface area contributed by atoms with Gasteiger partial charge in [0.05, 0.1) is 54.6 Å². The summed E-state index contributed by atoms with van der Waals surface area (Å²) in [6.45, 7) is 7.81. The highest BCUT2D eigenvalue weighted by atomic mass is 16.6. The molecule has 0 aliphatic rings. The average molecular weight is 657 g/mol. The molecule has 0 N–H and O–H groups in total. The summed E-state index contributed by atoms with van der Waals surface area (Å²) in [5, 5.41) is 17.8. The predicted octanol–water partition coefficient (Wildman–Crippen LogP) is 7.66. The van der Waals surface area contributed by atoms with Gasteiger partial charge in [0.25, 0.3) is 0 Å². The van der Waals surface area contributed by atoms with Crippen LogP contribution in [0.1, 0.15) is 59.3 Å². The second-order valence-corrected chi connectivity index (χ2v) is 10.6. The van der Waals surface area contributed by atoms with E-state index in [1.165, 1.54) is 7.11 Å². The van der Waals surface area contributed by atoms with Crippen molar-refractivity contribution in [2.24, 2.45) is 15.2 Å². The zero-order chi connectivity index (χ0) is 35.0. The second-order valence-electron chi connectivity index (χ2n) is 10.6. The summed E-state index contributed by atoms with van der Waals surface area (Å²) in [4.78, 5) is 28.4. The molecule has 0 spiro atoms. The lowest BCUT2D eigenvalue weighted by Crippen LogP contribution is -2.10. The number of hydrogen-bond donors (Lipinski definition) is 0. The van der Waals surface area contributed by atoms with Crippen LogP contribution in [0.25, 0.3) is 0 Å². The van der Waals surface area contributed by atoms with Gasteiger partial charge in [-0.1, -0.05) is 30.8 Å². The van der Waals surface area contributed by atoms with Crippen molar-refractivity contribution in [3.63, 3.8) is 0 Å². The molecule has 0 aliphatic heterocycles. The summed E-state index contributed by atoms with van der Waals surface area (Å²) in [5.41, 5.74) is 5.67. The fraction of sp³-hybridized carbons (Fsp3) is 0.179. The zero-order valence-corrected chi connectivity index (χ0v) is 27.6. The van der Waals surface area contributed by atoms with Gasteiger partial charge in [-0.15, -0.1) is 0 Å². The molecule has 0 atom stereocenters. The van der Waals surface area contributed by atoms with Gasteiger partial charge in [-0.2, -0.15) is 15.5 Å². The molecule has 4 aromatic rings. The number of nitrogens with zero attached hydrogens (tertiary/aromatic N) is 4. The van der Waals surface area contributed by atoms with Gasteiger partial charge >= 0.3 is 11.9 Å². The summed E-state index contributed by atoms with van der Waals surface area (Å²) in [5.74, 6) is 0.260. The third-order valence-corrected chi connectivity index (χ3v) is 7.13. The lowest BCUT2D eigenvalue weighted by atomic mass is 10.1. The molecule has 4 rings (SSSR count). The van der Waals surface area contributed by atoms with Crippen LogP contribution < -0.4 is 14.2 Å². The van der Waals surface area contributed by atoms with E-state index in [0.717, 1.165) is 34.2 Å². The average Bonchev–Trinajstić information content (AvgIpc) is 3.14. The van der Waals surface area contributed by atoms with Gasteiger partial charge in [0.15, 0.2) is 11.5 Å². The highest BCUT2D eigenvalue weighted by Gasteiger charge is 2.14. The Hall–Kier alpha value is -6.34. The van der Waals surface area contributed by atoms with E-state index in [4.69, 9.17) is 24.2 Å². The Morgan fingerprint density at radius 2 is 1.43 bits per heavy atom. The van der Waals surface area contributed by atoms with Gasteiger partial charge in [-0.25, -0.2) is 9.59 Å². The fourth-order valence-electron chi connectivity index (χ4n) is 4.30. The van der Waals surface area contributed by atoms with Crippen molar-refractivity contribution in [2.75, 3.05) is 20.3 Å². The van der Waals surface area contributed by atoms with Gasteiger partial charge in [0.2, 0.25) is 0 Å². The molecular formula is C39H36N4O6. The smallest absolute Gasteiger partial charge is 0.343 e. The molecule has 0 radical (unpaired) electrons. The predicted molar refractivity (Wildman–Crippen MR) is 190 cm³/mol. The quantitative estimate of drug-likeness (QED) is 0.0320. The maximum atomic E-state index is 12.9. The van der Waals surface area contributed by atoms with Crippen LogP contribution in [0, 0.1) is 11.3 Å². The first-order valence-electron chi connectivity index (χ1n) is 15.5. The van der Waals surface area contributed by atoms with Crippen LogP contribution >= 0.6 is 0 Å². The summed E-state index contributed by atoms with van der Waals surface area (Å²) in [6.07, 6.45) is 4.25. The molecule has 0 aliphatic carbocycles. The number of carbonyl (C=O) groups excluding carboxylic acids is 2. The summed E-state index contributed by atoms with van der Waals surface area (Å²) in [7, 11) is 1.50. The molecule has 4 aromatic carbocycles. The van der Waals surface area contributed by atoms with Crippen LogP contribution in [0.2, 0.25) is 0 Å². The minimum absolute atomic E-state index is 0.267. The fourth-order valence-corrected chi connectivity index (χ4v) is 4.30. The third kappa shape index (κ3) is 10.9. The van der Waals surface area contributed by atoms with Crippen molar-refractivity contribution in [3.8, 4) is 23.3 Å². The highest BCUT2D eigenvalue weighted by molar-refractivity contribution is 6.02. The minimum atomic E-state index is -0.543. The molecule has 248 valence electrons. The van der Waals surface area contributed by atoms with E-state index >= 15 is 0 Å². The number of benzene rings is 4. The van der Waals surface area contributed by atoms with Crippen molar-refractivity contribution in [1.29, 1.82) is 5.26 Å². The lowest BCUT2D eigenvalue weighted by molar-refractivity contribution is -0.137. The van der Waals surface area contributed by atoms with Crippen LogP contribution in [0.5, 0.6) is 17.2 Å². The van der Waals surface area contributed by atoms with E-state index in [1.807, 2.05) is 50.2 Å². The minimum Gasteiger partial charge on any atom is -0.494 e. The summed E-state index contributed by atoms with van der Waals surface area (Å²) >= 11 is 0. The van der Waals surface area contributed by atoms with Gasteiger partial charge in [-0.3, -0.25) is 4.99 Å². The lowest BCUT2D eigenvalue weighted by Gasteiger charge is -2.11. The standard InChI is InChI=1S/C39H36N4O6/c1-5-38(44)48-23-7-6-22-47-35-19-14-32(15-20-35)39(45)49-36-21-16-33(24-37(36)46-4)28(3)43-42-27(2)31-12-17-34(18-13-31)41-26-30-10-8-29(25-40)9-11-30/h5,8-21,24,26H,1,6-7,22-23H2,2-4H3. The Morgan fingerprint density at radius 1 is 0.796 bits per heavy atom. The molecule has 0 saturated carbocycles. The van der Waals surface area contributed by atoms with Crippen molar-refractivity contribution < 1.29 is 28.5 Å². The number of carbonyl (C=O) groups is 2. The van der Waals surface area contributed by atoms with E-state index in [9.17, 15) is 9.59 Å². The summed E-state index contributed by atoms with van der Waals surface area (Å²) < 4.78 is 21.8. The van der Waals surface area contributed by atoms with Crippen molar-refractivity contribution in [2.45, 2.75) is 26.7 Å². The molecular weight excluding hydrogens is 620 g/mol. The van der Waals surface area contributed by atoms with E-state index in [1.54, 1.807) is 60.8 Å². The highest BCUT2D eigenvalue weighted by Crippen LogP contribution is 2.29. The van der Waals surface area contributed by atoms with E-state index < -0.39 is 11.9 Å². The molecule has 10 heteroatoms. The molecule has 10 nitrogen and oxygen atoms in total. The number of esters is 2. The maximum Gasteiger partial charge on any atom is 0.343 e. The first-order chi connectivity index (χ1) is 23.8. The Morgan fingerprint density at radius 3 is 2.08 bits per heavy atom. The number of rotatable bonds is 15. The topological polar surface area (TPSA) is 132 Å². The van der Waals surface area contributed by atoms with Crippen molar-refractivity contribution in [3.05, 3.63) is 131 Å². The largest absolute Gasteiger partial charge is 0.494 e. The Kier molecular flexibility index (Phi) is 13.1.